The van der Waals surface area contributed by atoms with Gasteiger partial charge in [0.2, 0.25) is 5.91 Å². The van der Waals surface area contributed by atoms with Gasteiger partial charge in [0.25, 0.3) is 0 Å². The van der Waals surface area contributed by atoms with E-state index in [1.54, 1.807) is 0 Å². The molecule has 1 aromatic rings. The van der Waals surface area contributed by atoms with Gasteiger partial charge in [0.1, 0.15) is 6.04 Å². The fourth-order valence-corrected chi connectivity index (χ4v) is 2.53. The quantitative estimate of drug-likeness (QED) is 0.838. The Kier molecular flexibility index (Phi) is 4.02. The van der Waals surface area contributed by atoms with Crippen molar-refractivity contribution >= 4 is 5.91 Å². The second kappa shape index (κ2) is 5.53. The third kappa shape index (κ3) is 2.72. The lowest BCUT2D eigenvalue weighted by molar-refractivity contribution is -0.123. The Morgan fingerprint density at radius 3 is 2.56 bits per heavy atom. The van der Waals surface area contributed by atoms with E-state index in [9.17, 15) is 4.79 Å². The normalized spacial score (nSPS) is 18.8. The molecule has 0 radical (unpaired) electrons. The van der Waals surface area contributed by atoms with Gasteiger partial charge >= 0.3 is 0 Å². The van der Waals surface area contributed by atoms with Gasteiger partial charge in [0, 0.05) is 6.54 Å². The molecule has 0 bridgehead atoms. The van der Waals surface area contributed by atoms with Crippen molar-refractivity contribution in [3.8, 4) is 0 Å². The average molecular weight is 246 g/mol. The summed E-state index contributed by atoms with van der Waals surface area (Å²) in [7, 11) is 0. The molecular weight excluding hydrogens is 224 g/mol. The van der Waals surface area contributed by atoms with E-state index in [0.29, 0.717) is 5.41 Å². The monoisotopic (exact) mass is 246 g/mol. The van der Waals surface area contributed by atoms with Crippen molar-refractivity contribution in [1.29, 1.82) is 0 Å². The molecule has 1 amide bonds. The predicted octanol–water partition coefficient (Wildman–Crippen LogP) is 2.38. The maximum Gasteiger partial charge on any atom is 0.241 e. The minimum absolute atomic E-state index is 0.0686. The van der Waals surface area contributed by atoms with Crippen molar-refractivity contribution in [2.45, 2.75) is 38.6 Å². The van der Waals surface area contributed by atoms with Crippen molar-refractivity contribution in [3.63, 3.8) is 0 Å². The number of nitrogens with two attached hydrogens (primary N) is 1. The molecule has 2 rings (SSSR count). The van der Waals surface area contributed by atoms with Crippen molar-refractivity contribution in [3.05, 3.63) is 35.9 Å². The van der Waals surface area contributed by atoms with Gasteiger partial charge in [-0.05, 0) is 30.2 Å². The zero-order chi connectivity index (χ0) is 13.0. The Bertz CT molecular complexity index is 393. The maximum absolute atomic E-state index is 12.0. The molecule has 3 heteroatoms. The highest BCUT2D eigenvalue weighted by atomic mass is 16.2. The van der Waals surface area contributed by atoms with Crippen LogP contribution in [0.5, 0.6) is 0 Å². The van der Waals surface area contributed by atoms with Crippen molar-refractivity contribution in [1.82, 2.24) is 5.32 Å². The third-order valence-corrected chi connectivity index (χ3v) is 4.24. The first-order valence-electron chi connectivity index (χ1n) is 6.75. The summed E-state index contributed by atoms with van der Waals surface area (Å²) in [5, 5.41) is 3.01. The van der Waals surface area contributed by atoms with Crippen LogP contribution < -0.4 is 11.1 Å². The summed E-state index contributed by atoms with van der Waals surface area (Å²) in [6, 6.07) is 8.96. The molecule has 98 valence electrons. The lowest BCUT2D eigenvalue weighted by Gasteiger charge is -2.41. The summed E-state index contributed by atoms with van der Waals surface area (Å²) in [4.78, 5) is 12.0. The molecule has 0 aliphatic heterocycles. The molecule has 3 nitrogen and oxygen atoms in total. The lowest BCUT2D eigenvalue weighted by Crippen LogP contribution is -2.44. The lowest BCUT2D eigenvalue weighted by atomic mass is 9.67. The molecule has 1 aliphatic carbocycles. The average Bonchev–Trinajstić information content (AvgIpc) is 2.38. The summed E-state index contributed by atoms with van der Waals surface area (Å²) in [5.74, 6) is -0.0686. The van der Waals surface area contributed by atoms with Crippen LogP contribution in [0.4, 0.5) is 0 Å². The van der Waals surface area contributed by atoms with Gasteiger partial charge in [-0.25, -0.2) is 0 Å². The van der Waals surface area contributed by atoms with Crippen LogP contribution in [-0.2, 0) is 4.79 Å². The number of rotatable bonds is 5. The van der Waals surface area contributed by atoms with E-state index >= 15 is 0 Å². The zero-order valence-electron chi connectivity index (χ0n) is 11.0. The molecule has 1 aromatic carbocycles. The van der Waals surface area contributed by atoms with Crippen molar-refractivity contribution < 1.29 is 4.79 Å². The molecule has 0 aromatic heterocycles. The minimum atomic E-state index is -0.555. The number of amides is 1. The molecule has 0 saturated heterocycles. The summed E-state index contributed by atoms with van der Waals surface area (Å²) in [6.45, 7) is 2.96. The van der Waals surface area contributed by atoms with E-state index in [0.717, 1.165) is 18.5 Å². The second-order valence-electron chi connectivity index (χ2n) is 5.31. The fraction of sp³-hybridized carbons (Fsp3) is 0.533. The van der Waals surface area contributed by atoms with Crippen LogP contribution in [-0.4, -0.2) is 12.5 Å². The molecule has 0 heterocycles. The van der Waals surface area contributed by atoms with Crippen LogP contribution >= 0.6 is 0 Å². The summed E-state index contributed by atoms with van der Waals surface area (Å²) in [5.41, 5.74) is 7.17. The predicted molar refractivity (Wildman–Crippen MR) is 73.0 cm³/mol. The fourth-order valence-electron chi connectivity index (χ4n) is 2.53. The zero-order valence-corrected chi connectivity index (χ0v) is 11.0. The summed E-state index contributed by atoms with van der Waals surface area (Å²) >= 11 is 0. The van der Waals surface area contributed by atoms with Crippen LogP contribution in [0, 0.1) is 5.41 Å². The first-order chi connectivity index (χ1) is 8.67. The van der Waals surface area contributed by atoms with Crippen molar-refractivity contribution in [2.75, 3.05) is 6.54 Å². The Morgan fingerprint density at radius 2 is 2.06 bits per heavy atom. The largest absolute Gasteiger partial charge is 0.354 e. The van der Waals surface area contributed by atoms with Gasteiger partial charge in [-0.15, -0.1) is 0 Å². The number of carbonyl (C=O) groups excluding carboxylic acids is 1. The second-order valence-corrected chi connectivity index (χ2v) is 5.31. The van der Waals surface area contributed by atoms with Crippen LogP contribution in [0.1, 0.15) is 44.2 Å². The standard InChI is InChI=1S/C15H22N2O/c1-2-15(9-6-10-15)11-17-14(18)13(16)12-7-4-3-5-8-12/h3-5,7-8,13H,2,6,9-11,16H2,1H3,(H,17,18). The van der Waals surface area contributed by atoms with Gasteiger partial charge in [-0.1, -0.05) is 43.7 Å². The van der Waals surface area contributed by atoms with E-state index in [2.05, 4.69) is 12.2 Å². The van der Waals surface area contributed by atoms with Gasteiger partial charge < -0.3 is 11.1 Å². The topological polar surface area (TPSA) is 55.1 Å². The van der Waals surface area contributed by atoms with Crippen LogP contribution in [0.25, 0.3) is 0 Å². The molecule has 1 fully saturated rings. The Labute approximate surface area is 109 Å². The van der Waals surface area contributed by atoms with Crippen molar-refractivity contribution in [2.24, 2.45) is 11.1 Å². The van der Waals surface area contributed by atoms with E-state index < -0.39 is 6.04 Å². The molecule has 18 heavy (non-hydrogen) atoms. The highest BCUT2D eigenvalue weighted by Gasteiger charge is 2.35. The molecule has 0 spiro atoms. The Balaban J connectivity index is 1.88. The highest BCUT2D eigenvalue weighted by molar-refractivity contribution is 5.82. The molecule has 1 aliphatic rings. The van der Waals surface area contributed by atoms with Gasteiger partial charge in [0.05, 0.1) is 0 Å². The highest BCUT2D eigenvalue weighted by Crippen LogP contribution is 2.43. The van der Waals surface area contributed by atoms with Gasteiger partial charge in [-0.2, -0.15) is 0 Å². The molecular formula is C15H22N2O. The first-order valence-corrected chi connectivity index (χ1v) is 6.75. The molecule has 1 unspecified atom stereocenters. The Hall–Kier alpha value is -1.35. The minimum Gasteiger partial charge on any atom is -0.354 e. The van der Waals surface area contributed by atoms with Gasteiger partial charge in [-0.3, -0.25) is 4.79 Å². The smallest absolute Gasteiger partial charge is 0.241 e. The third-order valence-electron chi connectivity index (χ3n) is 4.24. The van der Waals surface area contributed by atoms with Crippen LogP contribution in [0.15, 0.2) is 30.3 Å². The van der Waals surface area contributed by atoms with Crippen LogP contribution in [0.2, 0.25) is 0 Å². The van der Waals surface area contributed by atoms with Gasteiger partial charge in [0.15, 0.2) is 0 Å². The SMILES string of the molecule is CCC1(CNC(=O)C(N)c2ccccc2)CCC1. The van der Waals surface area contributed by atoms with E-state index in [-0.39, 0.29) is 5.91 Å². The number of nitrogens with one attached hydrogen (secondary N) is 1. The van der Waals surface area contributed by atoms with Crippen LogP contribution in [0.3, 0.4) is 0 Å². The van der Waals surface area contributed by atoms with E-state index in [4.69, 9.17) is 5.73 Å². The molecule has 1 saturated carbocycles. The number of hydrogen-bond donors (Lipinski definition) is 2. The number of benzene rings is 1. The number of carbonyl (C=O) groups is 1. The summed E-state index contributed by atoms with van der Waals surface area (Å²) in [6.07, 6.45) is 4.87. The Morgan fingerprint density at radius 1 is 1.39 bits per heavy atom. The first kappa shape index (κ1) is 13.1. The maximum atomic E-state index is 12.0. The van der Waals surface area contributed by atoms with E-state index in [1.807, 2.05) is 30.3 Å². The summed E-state index contributed by atoms with van der Waals surface area (Å²) < 4.78 is 0. The van der Waals surface area contributed by atoms with E-state index in [1.165, 1.54) is 19.3 Å². The molecule has 1 atom stereocenters. The molecule has 3 N–H and O–H groups in total. The number of hydrogen-bond acceptors (Lipinski definition) is 2.